The molecule has 1 aromatic heterocycles. The van der Waals surface area contributed by atoms with E-state index < -0.39 is 5.91 Å². The first kappa shape index (κ1) is 20.2. The van der Waals surface area contributed by atoms with Gasteiger partial charge in [-0.1, -0.05) is 6.07 Å². The second-order valence-electron chi connectivity index (χ2n) is 5.35. The van der Waals surface area contributed by atoms with Gasteiger partial charge in [0, 0.05) is 18.6 Å². The number of nitriles is 1. The van der Waals surface area contributed by atoms with Crippen LogP contribution in [0, 0.1) is 11.3 Å². The summed E-state index contributed by atoms with van der Waals surface area (Å²) in [5, 5.41) is 14.7. The van der Waals surface area contributed by atoms with Crippen molar-refractivity contribution in [3.63, 3.8) is 0 Å². The van der Waals surface area contributed by atoms with E-state index in [4.69, 9.17) is 9.47 Å². The number of hydrogen-bond acceptors (Lipinski definition) is 7. The maximum Gasteiger partial charge on any atom is 0.263 e. The van der Waals surface area contributed by atoms with Crippen LogP contribution < -0.4 is 20.1 Å². The van der Waals surface area contributed by atoms with Gasteiger partial charge in [0.25, 0.3) is 5.91 Å². The molecule has 1 heterocycles. The predicted molar refractivity (Wildman–Crippen MR) is 103 cm³/mol. The SMILES string of the molecule is COc1ccc(C(C)NC(=O)/C(C#N)=C\Nc2ncc(Br)cn2)cc1OC. The Morgan fingerprint density at radius 3 is 2.52 bits per heavy atom. The molecule has 0 aliphatic carbocycles. The Morgan fingerprint density at radius 2 is 1.93 bits per heavy atom. The van der Waals surface area contributed by atoms with Crippen LogP contribution in [0.25, 0.3) is 0 Å². The van der Waals surface area contributed by atoms with Crippen molar-refractivity contribution in [1.82, 2.24) is 15.3 Å². The summed E-state index contributed by atoms with van der Waals surface area (Å²) in [5.41, 5.74) is 0.705. The van der Waals surface area contributed by atoms with Crippen LogP contribution in [0.4, 0.5) is 5.95 Å². The summed E-state index contributed by atoms with van der Waals surface area (Å²) in [5.74, 6) is 0.897. The number of hydrogen-bond donors (Lipinski definition) is 2. The fourth-order valence-corrected chi connectivity index (χ4v) is 2.36. The highest BCUT2D eigenvalue weighted by atomic mass is 79.9. The smallest absolute Gasteiger partial charge is 0.263 e. The van der Waals surface area contributed by atoms with Crippen molar-refractivity contribution >= 4 is 27.8 Å². The normalized spacial score (nSPS) is 11.9. The molecule has 0 spiro atoms. The zero-order chi connectivity index (χ0) is 19.8. The number of nitrogens with one attached hydrogen (secondary N) is 2. The average Bonchev–Trinajstić information content (AvgIpc) is 2.69. The molecule has 0 bridgehead atoms. The van der Waals surface area contributed by atoms with Crippen LogP contribution in [0.1, 0.15) is 18.5 Å². The number of carbonyl (C=O) groups is 1. The lowest BCUT2D eigenvalue weighted by molar-refractivity contribution is -0.117. The first-order chi connectivity index (χ1) is 13.0. The highest BCUT2D eigenvalue weighted by molar-refractivity contribution is 9.10. The molecule has 0 fully saturated rings. The standard InChI is InChI=1S/C18H18BrN5O3/c1-11(12-4-5-15(26-2)16(6-12)27-3)24-17(25)13(7-20)8-21-18-22-9-14(19)10-23-18/h4-6,8-11H,1-3H3,(H,24,25)(H,21,22,23)/b13-8-. The molecule has 2 rings (SSSR count). The van der Waals surface area contributed by atoms with E-state index in [2.05, 4.69) is 36.5 Å². The van der Waals surface area contributed by atoms with Crippen molar-refractivity contribution in [2.45, 2.75) is 13.0 Å². The topological polar surface area (TPSA) is 109 Å². The third-order valence-electron chi connectivity index (χ3n) is 3.59. The number of amides is 1. The summed E-state index contributed by atoms with van der Waals surface area (Å²) in [4.78, 5) is 20.4. The molecule has 0 aliphatic heterocycles. The molecule has 9 heteroatoms. The molecule has 1 aromatic carbocycles. The maximum absolute atomic E-state index is 12.4. The Kier molecular flexibility index (Phi) is 7.14. The lowest BCUT2D eigenvalue weighted by Crippen LogP contribution is -2.28. The molecule has 0 radical (unpaired) electrons. The number of carbonyl (C=O) groups excluding carboxylic acids is 1. The first-order valence-corrected chi connectivity index (χ1v) is 8.65. The molecule has 0 aliphatic rings. The molecule has 140 valence electrons. The van der Waals surface area contributed by atoms with Gasteiger partial charge in [0.05, 0.1) is 24.7 Å². The lowest BCUT2D eigenvalue weighted by Gasteiger charge is -2.16. The monoisotopic (exact) mass is 431 g/mol. The van der Waals surface area contributed by atoms with Gasteiger partial charge in [-0.15, -0.1) is 0 Å². The van der Waals surface area contributed by atoms with E-state index in [-0.39, 0.29) is 17.6 Å². The van der Waals surface area contributed by atoms with E-state index >= 15 is 0 Å². The number of nitrogens with zero attached hydrogens (tertiary/aromatic N) is 3. The predicted octanol–water partition coefficient (Wildman–Crippen LogP) is 2.95. The van der Waals surface area contributed by atoms with E-state index in [9.17, 15) is 10.1 Å². The molecule has 2 aromatic rings. The third-order valence-corrected chi connectivity index (χ3v) is 4.00. The summed E-state index contributed by atoms with van der Waals surface area (Å²) in [6.07, 6.45) is 4.36. The average molecular weight is 432 g/mol. The number of benzene rings is 1. The zero-order valence-corrected chi connectivity index (χ0v) is 16.6. The van der Waals surface area contributed by atoms with Gasteiger partial charge in [-0.2, -0.15) is 5.26 Å². The summed E-state index contributed by atoms with van der Waals surface area (Å²) in [6.45, 7) is 1.80. The van der Waals surface area contributed by atoms with Crippen LogP contribution in [0.3, 0.4) is 0 Å². The van der Waals surface area contributed by atoms with Crippen molar-refractivity contribution in [1.29, 1.82) is 5.26 Å². The first-order valence-electron chi connectivity index (χ1n) is 7.85. The minimum absolute atomic E-state index is 0.103. The van der Waals surface area contributed by atoms with E-state index in [1.54, 1.807) is 38.6 Å². The van der Waals surface area contributed by atoms with Gasteiger partial charge < -0.3 is 20.1 Å². The fraction of sp³-hybridized carbons (Fsp3) is 0.222. The zero-order valence-electron chi connectivity index (χ0n) is 15.0. The number of anilines is 1. The van der Waals surface area contributed by atoms with Gasteiger partial charge in [0.15, 0.2) is 11.5 Å². The molecule has 1 amide bonds. The molecule has 0 saturated heterocycles. The highest BCUT2D eigenvalue weighted by Crippen LogP contribution is 2.29. The van der Waals surface area contributed by atoms with E-state index in [0.717, 1.165) is 10.0 Å². The van der Waals surface area contributed by atoms with Gasteiger partial charge in [0.1, 0.15) is 11.6 Å². The van der Waals surface area contributed by atoms with E-state index in [1.165, 1.54) is 13.3 Å². The van der Waals surface area contributed by atoms with E-state index in [0.29, 0.717) is 11.5 Å². The van der Waals surface area contributed by atoms with Crippen molar-refractivity contribution in [3.8, 4) is 17.6 Å². The second-order valence-corrected chi connectivity index (χ2v) is 6.26. The number of halogens is 1. The maximum atomic E-state index is 12.4. The minimum atomic E-state index is -0.524. The van der Waals surface area contributed by atoms with Crippen LogP contribution >= 0.6 is 15.9 Å². The fourth-order valence-electron chi connectivity index (χ4n) is 2.15. The Labute approximate surface area is 165 Å². The molecule has 1 atom stereocenters. The van der Waals surface area contributed by atoms with Crippen molar-refractivity contribution < 1.29 is 14.3 Å². The Morgan fingerprint density at radius 1 is 1.26 bits per heavy atom. The van der Waals surface area contributed by atoms with Gasteiger partial charge in [-0.05, 0) is 40.5 Å². The van der Waals surface area contributed by atoms with Crippen LogP contribution in [-0.2, 0) is 4.79 Å². The number of aromatic nitrogens is 2. The number of methoxy groups -OCH3 is 2. The Balaban J connectivity index is 2.08. The lowest BCUT2D eigenvalue weighted by atomic mass is 10.1. The van der Waals surface area contributed by atoms with Gasteiger partial charge in [-0.25, -0.2) is 9.97 Å². The molecule has 8 nitrogen and oxygen atoms in total. The van der Waals surface area contributed by atoms with Gasteiger partial charge in [0.2, 0.25) is 5.95 Å². The third kappa shape index (κ3) is 5.43. The molecular weight excluding hydrogens is 414 g/mol. The van der Waals surface area contributed by atoms with Gasteiger partial charge >= 0.3 is 0 Å². The molecule has 0 saturated carbocycles. The minimum Gasteiger partial charge on any atom is -0.493 e. The number of rotatable bonds is 7. The van der Waals surface area contributed by atoms with Crippen LogP contribution in [0.5, 0.6) is 11.5 Å². The summed E-state index contributed by atoms with van der Waals surface area (Å²) >= 11 is 3.23. The number of ether oxygens (including phenoxy) is 2. The van der Waals surface area contributed by atoms with Crippen molar-refractivity contribution in [2.75, 3.05) is 19.5 Å². The van der Waals surface area contributed by atoms with Gasteiger partial charge in [-0.3, -0.25) is 4.79 Å². The highest BCUT2D eigenvalue weighted by Gasteiger charge is 2.15. The summed E-state index contributed by atoms with van der Waals surface area (Å²) < 4.78 is 11.2. The van der Waals surface area contributed by atoms with Crippen molar-refractivity contribution in [3.05, 3.63) is 52.4 Å². The Bertz CT molecular complexity index is 878. The van der Waals surface area contributed by atoms with Crippen molar-refractivity contribution in [2.24, 2.45) is 0 Å². The molecular formula is C18H18BrN5O3. The Hall–Kier alpha value is -3.12. The molecule has 27 heavy (non-hydrogen) atoms. The van der Waals surface area contributed by atoms with Crippen LogP contribution in [0.2, 0.25) is 0 Å². The van der Waals surface area contributed by atoms with Crippen LogP contribution in [-0.4, -0.2) is 30.1 Å². The van der Waals surface area contributed by atoms with Crippen LogP contribution in [0.15, 0.2) is 46.8 Å². The van der Waals surface area contributed by atoms with E-state index in [1.807, 2.05) is 12.1 Å². The molecule has 1 unspecified atom stereocenters. The quantitative estimate of drug-likeness (QED) is 0.512. The molecule has 2 N–H and O–H groups in total. The summed E-state index contributed by atoms with van der Waals surface area (Å²) in [6, 6.07) is 6.85. The second kappa shape index (κ2) is 9.54. The largest absolute Gasteiger partial charge is 0.493 e. The summed E-state index contributed by atoms with van der Waals surface area (Å²) in [7, 11) is 3.09.